The van der Waals surface area contributed by atoms with Gasteiger partial charge in [0.15, 0.2) is 0 Å². The molecule has 0 bridgehead atoms. The molecule has 2 rings (SSSR count). The zero-order valence-corrected chi connectivity index (χ0v) is 11.4. The van der Waals surface area contributed by atoms with Crippen LogP contribution in [-0.2, 0) is 5.54 Å². The Bertz CT molecular complexity index is 418. The van der Waals surface area contributed by atoms with E-state index in [1.165, 1.54) is 0 Å². The van der Waals surface area contributed by atoms with Crippen LogP contribution in [0.3, 0.4) is 0 Å². The minimum atomic E-state index is -0.385. The normalized spacial score (nSPS) is 22.2. The van der Waals surface area contributed by atoms with Crippen LogP contribution in [-0.4, -0.2) is 26.0 Å². The highest BCUT2D eigenvalue weighted by Crippen LogP contribution is 2.27. The maximum Gasteiger partial charge on any atom is 0.0634 e. The third kappa shape index (κ3) is 4.35. The van der Waals surface area contributed by atoms with Gasteiger partial charge in [0.05, 0.1) is 5.54 Å². The Morgan fingerprint density at radius 1 is 1.11 bits per heavy atom. The molecule has 1 unspecified atom stereocenters. The van der Waals surface area contributed by atoms with E-state index in [2.05, 4.69) is 0 Å². The van der Waals surface area contributed by atoms with Crippen molar-refractivity contribution in [3.8, 4) is 0 Å². The second-order valence-corrected chi connectivity index (χ2v) is 4.99. The molecule has 18 heavy (non-hydrogen) atoms. The van der Waals surface area contributed by atoms with Crippen LogP contribution in [0, 0.1) is 0 Å². The number of hydrogen-bond acceptors (Lipinski definition) is 3. The maximum absolute atomic E-state index is 6.26. The lowest BCUT2D eigenvalue weighted by Crippen LogP contribution is -2.35. The quantitative estimate of drug-likeness (QED) is 0.793. The third-order valence-corrected chi connectivity index (χ3v) is 2.56. The molecule has 0 heterocycles. The van der Waals surface area contributed by atoms with Crippen LogP contribution in [0.25, 0.3) is 0 Å². The van der Waals surface area contributed by atoms with Gasteiger partial charge in [-0.2, -0.15) is 0 Å². The zero-order chi connectivity index (χ0) is 13.6. The largest absolute Gasteiger partial charge is 0.399 e. The Balaban J connectivity index is 0.000000357. The Morgan fingerprint density at radius 2 is 1.67 bits per heavy atom. The number of allylic oxidation sites excluding steroid dienone is 1. The van der Waals surface area contributed by atoms with E-state index in [1.54, 1.807) is 0 Å². The molecule has 1 aliphatic rings. The number of benzene rings is 1. The van der Waals surface area contributed by atoms with Gasteiger partial charge >= 0.3 is 0 Å². The van der Waals surface area contributed by atoms with Gasteiger partial charge in [-0.05, 0) is 39.2 Å². The van der Waals surface area contributed by atoms with Gasteiger partial charge in [-0.15, -0.1) is 0 Å². The van der Waals surface area contributed by atoms with Gasteiger partial charge in [0.2, 0.25) is 0 Å². The first-order valence-electron chi connectivity index (χ1n) is 6.04. The van der Waals surface area contributed by atoms with Crippen molar-refractivity contribution in [2.45, 2.75) is 12.0 Å². The van der Waals surface area contributed by atoms with Crippen molar-refractivity contribution in [1.82, 2.24) is 4.90 Å². The lowest BCUT2D eigenvalue weighted by atomic mass is 9.84. The highest BCUT2D eigenvalue weighted by molar-refractivity contribution is 5.36. The van der Waals surface area contributed by atoms with Crippen molar-refractivity contribution >= 4 is 0 Å². The summed E-state index contributed by atoms with van der Waals surface area (Å²) in [4.78, 5) is 2.00. The van der Waals surface area contributed by atoms with Crippen LogP contribution >= 0.6 is 0 Å². The van der Waals surface area contributed by atoms with Gasteiger partial charge in [-0.1, -0.05) is 42.5 Å². The molecule has 0 saturated carbocycles. The predicted octanol–water partition coefficient (Wildman–Crippen LogP) is 1.82. The molecule has 0 aliphatic heterocycles. The fraction of sp³-hybridized carbons (Fsp3) is 0.333. The van der Waals surface area contributed by atoms with E-state index < -0.39 is 0 Å². The summed E-state index contributed by atoms with van der Waals surface area (Å²) in [5, 5.41) is 0. The average Bonchev–Trinajstić information content (AvgIpc) is 2.34. The molecule has 1 atom stereocenters. The van der Waals surface area contributed by atoms with Gasteiger partial charge < -0.3 is 16.4 Å². The average molecular weight is 245 g/mol. The van der Waals surface area contributed by atoms with Crippen molar-refractivity contribution in [3.05, 3.63) is 59.8 Å². The molecule has 0 aromatic heterocycles. The minimum Gasteiger partial charge on any atom is -0.399 e. The van der Waals surface area contributed by atoms with E-state index in [0.717, 1.165) is 17.7 Å². The molecular formula is C15H23N3. The Morgan fingerprint density at radius 3 is 2.11 bits per heavy atom. The molecule has 3 heteroatoms. The molecule has 0 spiro atoms. The highest BCUT2D eigenvalue weighted by Gasteiger charge is 2.24. The molecule has 1 aromatic carbocycles. The zero-order valence-electron chi connectivity index (χ0n) is 11.4. The standard InChI is InChI=1S/C12H14N2.C3H9N/c13-11-6-8-12(14,9-7-11)10-4-2-1-3-5-10;1-4(2)3/h1-8H,9,13-14H2;1-3H3. The summed E-state index contributed by atoms with van der Waals surface area (Å²) in [7, 11) is 6.00. The van der Waals surface area contributed by atoms with Crippen molar-refractivity contribution < 1.29 is 0 Å². The van der Waals surface area contributed by atoms with Gasteiger partial charge in [-0.25, -0.2) is 0 Å². The molecule has 0 amide bonds. The molecule has 0 saturated heterocycles. The van der Waals surface area contributed by atoms with Gasteiger partial charge in [0.25, 0.3) is 0 Å². The summed E-state index contributed by atoms with van der Waals surface area (Å²) >= 11 is 0. The fourth-order valence-corrected chi connectivity index (χ4v) is 1.63. The fourth-order valence-electron chi connectivity index (χ4n) is 1.63. The molecule has 1 aliphatic carbocycles. The van der Waals surface area contributed by atoms with Crippen LogP contribution in [0.1, 0.15) is 12.0 Å². The SMILES string of the molecule is CN(C)C.NC1=CCC(N)(c2ccccc2)C=C1. The summed E-state index contributed by atoms with van der Waals surface area (Å²) in [6.07, 6.45) is 6.57. The van der Waals surface area contributed by atoms with Crippen LogP contribution < -0.4 is 11.5 Å². The highest BCUT2D eigenvalue weighted by atomic mass is 15.0. The first-order chi connectivity index (χ1) is 8.44. The molecule has 0 radical (unpaired) electrons. The first-order valence-corrected chi connectivity index (χ1v) is 6.04. The van der Waals surface area contributed by atoms with Crippen molar-refractivity contribution in [2.75, 3.05) is 21.1 Å². The Kier molecular flexibility index (Phi) is 5.13. The molecule has 3 nitrogen and oxygen atoms in total. The van der Waals surface area contributed by atoms with Crippen molar-refractivity contribution in [1.29, 1.82) is 0 Å². The molecular weight excluding hydrogens is 222 g/mol. The van der Waals surface area contributed by atoms with E-state index in [1.807, 2.05) is 74.6 Å². The third-order valence-electron chi connectivity index (χ3n) is 2.56. The van der Waals surface area contributed by atoms with Gasteiger partial charge in [-0.3, -0.25) is 0 Å². The minimum absolute atomic E-state index is 0.385. The number of hydrogen-bond donors (Lipinski definition) is 2. The van der Waals surface area contributed by atoms with E-state index in [4.69, 9.17) is 11.5 Å². The Hall–Kier alpha value is -1.58. The molecule has 1 aromatic rings. The van der Waals surface area contributed by atoms with Gasteiger partial charge in [0.1, 0.15) is 0 Å². The summed E-state index contributed by atoms with van der Waals surface area (Å²) in [5.74, 6) is 0. The number of nitrogens with zero attached hydrogens (tertiary/aromatic N) is 1. The van der Waals surface area contributed by atoms with E-state index in [9.17, 15) is 0 Å². The Labute approximate surface area is 110 Å². The molecule has 4 N–H and O–H groups in total. The smallest absolute Gasteiger partial charge is 0.0634 e. The number of nitrogens with two attached hydrogens (primary N) is 2. The lowest BCUT2D eigenvalue weighted by Gasteiger charge is -2.27. The first kappa shape index (κ1) is 14.5. The second kappa shape index (κ2) is 6.38. The van der Waals surface area contributed by atoms with Crippen LogP contribution in [0.5, 0.6) is 0 Å². The van der Waals surface area contributed by atoms with Gasteiger partial charge in [0, 0.05) is 5.70 Å². The van der Waals surface area contributed by atoms with Crippen molar-refractivity contribution in [2.24, 2.45) is 11.5 Å². The van der Waals surface area contributed by atoms with Crippen LogP contribution in [0.15, 0.2) is 54.3 Å². The van der Waals surface area contributed by atoms with Crippen LogP contribution in [0.4, 0.5) is 0 Å². The lowest BCUT2D eigenvalue weighted by molar-refractivity contribution is 0.505. The van der Waals surface area contributed by atoms with E-state index in [0.29, 0.717) is 0 Å². The maximum atomic E-state index is 6.26. The number of rotatable bonds is 1. The van der Waals surface area contributed by atoms with E-state index >= 15 is 0 Å². The second-order valence-electron chi connectivity index (χ2n) is 4.99. The monoisotopic (exact) mass is 245 g/mol. The summed E-state index contributed by atoms with van der Waals surface area (Å²) in [5.41, 5.74) is 13.4. The summed E-state index contributed by atoms with van der Waals surface area (Å²) in [6, 6.07) is 10.1. The molecule has 0 fully saturated rings. The van der Waals surface area contributed by atoms with Crippen LogP contribution in [0.2, 0.25) is 0 Å². The molecule has 98 valence electrons. The topological polar surface area (TPSA) is 55.3 Å². The summed E-state index contributed by atoms with van der Waals surface area (Å²) < 4.78 is 0. The van der Waals surface area contributed by atoms with Crippen molar-refractivity contribution in [3.63, 3.8) is 0 Å². The predicted molar refractivity (Wildman–Crippen MR) is 77.9 cm³/mol. The van der Waals surface area contributed by atoms with E-state index in [-0.39, 0.29) is 5.54 Å². The summed E-state index contributed by atoms with van der Waals surface area (Å²) in [6.45, 7) is 0.